The van der Waals surface area contributed by atoms with Crippen molar-refractivity contribution in [2.45, 2.75) is 12.6 Å². The van der Waals surface area contributed by atoms with E-state index >= 15 is 0 Å². The summed E-state index contributed by atoms with van der Waals surface area (Å²) in [6.45, 7) is 4.66. The van der Waals surface area contributed by atoms with Gasteiger partial charge in [0.05, 0.1) is 22.9 Å². The normalized spacial score (nSPS) is 11.4. The van der Waals surface area contributed by atoms with Gasteiger partial charge >= 0.3 is 17.1 Å². The molecule has 0 saturated heterocycles. The van der Waals surface area contributed by atoms with Crippen molar-refractivity contribution in [3.05, 3.63) is 59.9 Å². The molecule has 0 atom stereocenters. The van der Waals surface area contributed by atoms with Crippen LogP contribution in [0.15, 0.2) is 48.5 Å². The molecule has 4 aromatic rings. The number of aromatic nitrogens is 2. The number of rotatable bonds is 4. The summed E-state index contributed by atoms with van der Waals surface area (Å²) < 4.78 is 0. The van der Waals surface area contributed by atoms with Crippen molar-refractivity contribution >= 4 is 53.1 Å². The standard InChI is InChI=1S/C21H21N2PS.Cu/c1-24(2)13-18-10-8-16-6-4-14-3-5-15-7-9-17(11-12-25)22-20(15)19(14)21(16)23-18;/h3-10,25H,11-13H2,1-2H3;/q;+1. The molecule has 0 spiro atoms. The summed E-state index contributed by atoms with van der Waals surface area (Å²) in [5.41, 5.74) is 4.38. The van der Waals surface area contributed by atoms with Crippen LogP contribution in [-0.2, 0) is 42.3 Å². The Balaban J connectivity index is 0.00000196. The van der Waals surface area contributed by atoms with Crippen LogP contribution in [0, 0.1) is 0 Å². The van der Waals surface area contributed by atoms with Crippen LogP contribution in [0.3, 0.4) is 0 Å². The molecule has 2 heterocycles. The Bertz CT molecular complexity index is 1080. The Morgan fingerprint density at radius 3 is 1.85 bits per heavy atom. The molecule has 0 N–H and O–H groups in total. The third kappa shape index (κ3) is 3.75. The average Bonchev–Trinajstić information content (AvgIpc) is 2.60. The van der Waals surface area contributed by atoms with Crippen LogP contribution in [0.25, 0.3) is 32.6 Å². The summed E-state index contributed by atoms with van der Waals surface area (Å²) in [4.78, 5) is 9.97. The molecule has 0 radical (unpaired) electrons. The summed E-state index contributed by atoms with van der Waals surface area (Å²) in [6, 6.07) is 17.3. The molecule has 0 unspecified atom stereocenters. The fourth-order valence-corrected chi connectivity index (χ4v) is 4.49. The predicted octanol–water partition coefficient (Wildman–Crippen LogP) is 5.00. The minimum Gasteiger partial charge on any atom is -0.792 e. The molecule has 2 aromatic carbocycles. The number of fused-ring (bicyclic) bond motifs is 5. The molecule has 0 saturated carbocycles. The molecule has 0 amide bonds. The van der Waals surface area contributed by atoms with E-state index in [-0.39, 0.29) is 25.0 Å². The maximum atomic E-state index is 5.14. The van der Waals surface area contributed by atoms with Crippen LogP contribution in [0.1, 0.15) is 11.4 Å². The number of hydrogen-bond acceptors (Lipinski definition) is 3. The van der Waals surface area contributed by atoms with E-state index in [1.54, 1.807) is 0 Å². The molecular weight excluding hydrogens is 407 g/mol. The van der Waals surface area contributed by atoms with E-state index in [0.717, 1.165) is 34.7 Å². The summed E-state index contributed by atoms with van der Waals surface area (Å²) in [7, 11) is -0.353. The van der Waals surface area contributed by atoms with Crippen molar-refractivity contribution in [3.63, 3.8) is 0 Å². The molecular formula is C21H21CuN2PS+. The first kappa shape index (κ1) is 19.6. The quantitative estimate of drug-likeness (QED) is 0.198. The van der Waals surface area contributed by atoms with Crippen LogP contribution < -0.4 is 0 Å². The number of benzene rings is 2. The van der Waals surface area contributed by atoms with E-state index in [1.165, 1.54) is 21.9 Å². The van der Waals surface area contributed by atoms with E-state index in [0.29, 0.717) is 5.75 Å². The minimum atomic E-state index is -0.353. The topological polar surface area (TPSA) is 25.8 Å². The zero-order valence-electron chi connectivity index (χ0n) is 14.8. The van der Waals surface area contributed by atoms with Gasteiger partial charge < -0.3 is 12.6 Å². The van der Waals surface area contributed by atoms with Crippen molar-refractivity contribution in [1.29, 1.82) is 0 Å². The van der Waals surface area contributed by atoms with Gasteiger partial charge in [0.1, 0.15) is 0 Å². The molecule has 2 aromatic heterocycles. The van der Waals surface area contributed by atoms with Gasteiger partial charge in [0, 0.05) is 43.1 Å². The number of nitrogens with zero attached hydrogens (tertiary/aromatic N) is 2. The third-order valence-electron chi connectivity index (χ3n) is 4.51. The van der Waals surface area contributed by atoms with Crippen LogP contribution in [0.4, 0.5) is 0 Å². The summed E-state index contributed by atoms with van der Waals surface area (Å²) in [5, 5.41) is 4.71. The average molecular weight is 428 g/mol. The molecule has 0 aliphatic carbocycles. The SMILES string of the molecule is C[PH+](C)Cc1ccc2ccc3ccc4ccc(CC[S-])nc4c3c2n1.[Cu+]. The number of pyridine rings is 2. The molecule has 4 rings (SSSR count). The van der Waals surface area contributed by atoms with E-state index in [1.807, 2.05) is 0 Å². The molecule has 5 heteroatoms. The molecule has 0 fully saturated rings. The second-order valence-electron chi connectivity index (χ2n) is 6.82. The van der Waals surface area contributed by atoms with Gasteiger partial charge in [0.2, 0.25) is 0 Å². The van der Waals surface area contributed by atoms with Gasteiger partial charge in [0.15, 0.2) is 0 Å². The van der Waals surface area contributed by atoms with Crippen LogP contribution in [-0.4, -0.2) is 29.1 Å². The van der Waals surface area contributed by atoms with Crippen molar-refractivity contribution in [2.75, 3.05) is 19.1 Å². The van der Waals surface area contributed by atoms with Gasteiger partial charge in [-0.3, -0.25) is 4.98 Å². The molecule has 136 valence electrons. The predicted molar refractivity (Wildman–Crippen MR) is 114 cm³/mol. The first-order chi connectivity index (χ1) is 12.2. The Morgan fingerprint density at radius 2 is 1.27 bits per heavy atom. The van der Waals surface area contributed by atoms with Gasteiger partial charge in [-0.1, -0.05) is 36.4 Å². The second kappa shape index (κ2) is 8.23. The fraction of sp³-hybridized carbons (Fsp3) is 0.238. The van der Waals surface area contributed by atoms with Crippen molar-refractivity contribution in [2.24, 2.45) is 0 Å². The Hall–Kier alpha value is -1.18. The summed E-state index contributed by atoms with van der Waals surface area (Å²) in [6.07, 6.45) is 1.93. The second-order valence-corrected chi connectivity index (χ2v) is 9.99. The van der Waals surface area contributed by atoms with Gasteiger partial charge in [0.25, 0.3) is 0 Å². The van der Waals surface area contributed by atoms with Gasteiger partial charge in [-0.25, -0.2) is 4.98 Å². The van der Waals surface area contributed by atoms with E-state index in [9.17, 15) is 0 Å². The monoisotopic (exact) mass is 427 g/mol. The largest absolute Gasteiger partial charge is 1.00 e. The number of hydrogen-bond donors (Lipinski definition) is 0. The molecule has 26 heavy (non-hydrogen) atoms. The van der Waals surface area contributed by atoms with E-state index in [4.69, 9.17) is 22.6 Å². The third-order valence-corrected chi connectivity index (χ3v) is 5.78. The first-order valence-electron chi connectivity index (χ1n) is 8.64. The molecule has 2 nitrogen and oxygen atoms in total. The van der Waals surface area contributed by atoms with Crippen molar-refractivity contribution < 1.29 is 17.1 Å². The first-order valence-corrected chi connectivity index (χ1v) is 11.9. The minimum absolute atomic E-state index is 0. The zero-order valence-corrected chi connectivity index (χ0v) is 17.6. The van der Waals surface area contributed by atoms with Crippen molar-refractivity contribution in [3.8, 4) is 0 Å². The van der Waals surface area contributed by atoms with Crippen LogP contribution in [0.2, 0.25) is 0 Å². The Labute approximate surface area is 171 Å². The molecule has 0 bridgehead atoms. The Morgan fingerprint density at radius 1 is 0.769 bits per heavy atom. The molecule has 0 aliphatic rings. The Kier molecular flexibility index (Phi) is 6.20. The summed E-state index contributed by atoms with van der Waals surface area (Å²) in [5.74, 6) is 0.699. The molecule has 0 aliphatic heterocycles. The van der Waals surface area contributed by atoms with Gasteiger partial charge in [-0.15, -0.1) is 0 Å². The van der Waals surface area contributed by atoms with Crippen LogP contribution in [0.5, 0.6) is 0 Å². The fourth-order valence-electron chi connectivity index (χ4n) is 3.36. The maximum absolute atomic E-state index is 5.14. The summed E-state index contributed by atoms with van der Waals surface area (Å²) >= 11 is 5.14. The zero-order chi connectivity index (χ0) is 17.4. The van der Waals surface area contributed by atoms with Crippen LogP contribution >= 0.6 is 7.92 Å². The number of aryl methyl sites for hydroxylation is 1. The van der Waals surface area contributed by atoms with Crippen molar-refractivity contribution in [1.82, 2.24) is 9.97 Å². The maximum Gasteiger partial charge on any atom is 1.00 e. The van der Waals surface area contributed by atoms with Gasteiger partial charge in [-0.05, 0) is 23.9 Å². The smallest absolute Gasteiger partial charge is 0.792 e. The van der Waals surface area contributed by atoms with Gasteiger partial charge in [-0.2, -0.15) is 5.75 Å². The van der Waals surface area contributed by atoms with E-state index in [2.05, 4.69) is 61.9 Å². The van der Waals surface area contributed by atoms with E-state index < -0.39 is 0 Å².